The first-order valence-electron chi connectivity index (χ1n) is 5.17. The van der Waals surface area contributed by atoms with Crippen LogP contribution in [0.4, 0.5) is 0 Å². The van der Waals surface area contributed by atoms with E-state index in [0.717, 1.165) is 4.88 Å². The number of methoxy groups -OCH3 is 1. The average Bonchev–Trinajstić information content (AvgIpc) is 2.63. The molecule has 0 spiro atoms. The van der Waals surface area contributed by atoms with Crippen LogP contribution in [0.1, 0.15) is 35.6 Å². The van der Waals surface area contributed by atoms with Crippen LogP contribution in [0, 0.1) is 6.92 Å². The van der Waals surface area contributed by atoms with E-state index >= 15 is 0 Å². The largest absolute Gasteiger partial charge is 0.469 e. The molecule has 0 aliphatic rings. The molecule has 1 aromatic rings. The van der Waals surface area contributed by atoms with Crippen LogP contribution in [-0.2, 0) is 9.53 Å². The van der Waals surface area contributed by atoms with E-state index in [1.807, 2.05) is 6.92 Å². The van der Waals surface area contributed by atoms with Gasteiger partial charge in [0.25, 0.3) is 5.91 Å². The minimum atomic E-state index is -0.651. The summed E-state index contributed by atoms with van der Waals surface area (Å²) in [4.78, 5) is 24.0. The number of rotatable bonds is 4. The minimum absolute atomic E-state index is 0.123. The summed E-state index contributed by atoms with van der Waals surface area (Å²) in [6.07, 6.45) is 0.123. The van der Waals surface area contributed by atoms with Crippen molar-refractivity contribution in [3.63, 3.8) is 0 Å². The van der Waals surface area contributed by atoms with Crippen molar-refractivity contribution in [2.45, 2.75) is 32.7 Å². The number of aryl methyl sites for hydroxylation is 1. The Bertz CT molecular complexity index is 426. The van der Waals surface area contributed by atoms with Crippen LogP contribution < -0.4 is 5.32 Å². The highest BCUT2D eigenvalue weighted by molar-refractivity contribution is 7.05. The highest BCUT2D eigenvalue weighted by Crippen LogP contribution is 2.13. The predicted octanol–water partition coefficient (Wildman–Crippen LogP) is 1.52. The van der Waals surface area contributed by atoms with Gasteiger partial charge in [0.1, 0.15) is 5.69 Å². The molecule has 1 aromatic heterocycles. The molecule has 1 N–H and O–H groups in total. The molecule has 1 heterocycles. The van der Waals surface area contributed by atoms with Crippen molar-refractivity contribution in [2.75, 3.05) is 7.11 Å². The Kier molecular flexibility index (Phi) is 4.22. The van der Waals surface area contributed by atoms with Crippen LogP contribution >= 0.6 is 11.5 Å². The highest BCUT2D eigenvalue weighted by atomic mass is 32.1. The fourth-order valence-electron chi connectivity index (χ4n) is 1.32. The number of esters is 1. The average molecular weight is 256 g/mol. The monoisotopic (exact) mass is 256 g/mol. The molecule has 0 aliphatic heterocycles. The first-order valence-corrected chi connectivity index (χ1v) is 5.94. The molecule has 0 atom stereocenters. The molecule has 6 heteroatoms. The first-order chi connectivity index (χ1) is 7.84. The van der Waals surface area contributed by atoms with Crippen molar-refractivity contribution >= 4 is 23.4 Å². The Labute approximate surface area is 104 Å². The van der Waals surface area contributed by atoms with Gasteiger partial charge in [0.05, 0.1) is 13.5 Å². The van der Waals surface area contributed by atoms with Crippen LogP contribution in [0.2, 0.25) is 0 Å². The van der Waals surface area contributed by atoms with Crippen molar-refractivity contribution < 1.29 is 14.3 Å². The molecule has 0 fully saturated rings. The SMILES string of the molecule is COC(=O)CC(C)(C)NC(=O)c1cc(C)sn1. The van der Waals surface area contributed by atoms with Gasteiger partial charge in [-0.1, -0.05) is 0 Å². The quantitative estimate of drug-likeness (QED) is 0.829. The van der Waals surface area contributed by atoms with Gasteiger partial charge in [-0.05, 0) is 38.4 Å². The second-order valence-electron chi connectivity index (χ2n) is 4.41. The maximum absolute atomic E-state index is 11.8. The zero-order chi connectivity index (χ0) is 13.1. The lowest BCUT2D eigenvalue weighted by Gasteiger charge is -2.24. The summed E-state index contributed by atoms with van der Waals surface area (Å²) in [7, 11) is 1.32. The van der Waals surface area contributed by atoms with Crippen molar-refractivity contribution in [3.8, 4) is 0 Å². The molecular weight excluding hydrogens is 240 g/mol. The molecule has 5 nitrogen and oxygen atoms in total. The third-order valence-electron chi connectivity index (χ3n) is 2.13. The Balaban J connectivity index is 2.64. The summed E-state index contributed by atoms with van der Waals surface area (Å²) in [6, 6.07) is 1.72. The number of hydrogen-bond donors (Lipinski definition) is 1. The number of nitrogens with one attached hydrogen (secondary N) is 1. The number of carbonyl (C=O) groups is 2. The number of amides is 1. The normalized spacial score (nSPS) is 11.1. The third-order valence-corrected chi connectivity index (χ3v) is 2.82. The lowest BCUT2D eigenvalue weighted by atomic mass is 10.0. The zero-order valence-electron chi connectivity index (χ0n) is 10.4. The number of aromatic nitrogens is 1. The van der Waals surface area contributed by atoms with Gasteiger partial charge in [-0.15, -0.1) is 0 Å². The molecule has 0 saturated heterocycles. The van der Waals surface area contributed by atoms with E-state index in [4.69, 9.17) is 0 Å². The molecule has 0 aliphatic carbocycles. The fraction of sp³-hybridized carbons (Fsp3) is 0.545. The Morgan fingerprint density at radius 2 is 2.18 bits per heavy atom. The van der Waals surface area contributed by atoms with Crippen LogP contribution in [-0.4, -0.2) is 28.9 Å². The summed E-state index contributed by atoms with van der Waals surface area (Å²) in [5.41, 5.74) is -0.271. The van der Waals surface area contributed by atoms with Gasteiger partial charge in [-0.2, -0.15) is 4.37 Å². The maximum Gasteiger partial charge on any atom is 0.307 e. The lowest BCUT2D eigenvalue weighted by molar-refractivity contribution is -0.141. The molecule has 17 heavy (non-hydrogen) atoms. The van der Waals surface area contributed by atoms with Gasteiger partial charge < -0.3 is 10.1 Å². The number of carbonyl (C=O) groups excluding carboxylic acids is 2. The molecule has 0 unspecified atom stereocenters. The first kappa shape index (κ1) is 13.6. The standard InChI is InChI=1S/C11H16N2O3S/c1-7-5-8(13-17-7)10(15)12-11(2,3)6-9(14)16-4/h5H,6H2,1-4H3,(H,12,15). The van der Waals surface area contributed by atoms with Gasteiger partial charge >= 0.3 is 5.97 Å². The summed E-state index contributed by atoms with van der Waals surface area (Å²) < 4.78 is 8.59. The zero-order valence-corrected chi connectivity index (χ0v) is 11.2. The summed E-state index contributed by atoms with van der Waals surface area (Å²) >= 11 is 1.27. The van der Waals surface area contributed by atoms with Crippen molar-refractivity contribution in [1.29, 1.82) is 0 Å². The Morgan fingerprint density at radius 1 is 1.53 bits per heavy atom. The van der Waals surface area contributed by atoms with E-state index in [9.17, 15) is 9.59 Å². The fourth-order valence-corrected chi connectivity index (χ4v) is 1.86. The molecule has 94 valence electrons. The summed E-state index contributed by atoms with van der Waals surface area (Å²) in [6.45, 7) is 5.41. The van der Waals surface area contributed by atoms with Gasteiger partial charge in [0.2, 0.25) is 0 Å². The molecule has 0 aromatic carbocycles. The lowest BCUT2D eigenvalue weighted by Crippen LogP contribution is -2.45. The van der Waals surface area contributed by atoms with Crippen molar-refractivity contribution in [1.82, 2.24) is 9.69 Å². The van der Waals surface area contributed by atoms with Gasteiger partial charge in [-0.3, -0.25) is 9.59 Å². The molecular formula is C11H16N2O3S. The molecule has 1 rings (SSSR count). The second-order valence-corrected chi connectivity index (χ2v) is 5.42. The van der Waals surface area contributed by atoms with E-state index in [0.29, 0.717) is 5.69 Å². The highest BCUT2D eigenvalue weighted by Gasteiger charge is 2.25. The maximum atomic E-state index is 11.8. The van der Waals surface area contributed by atoms with Crippen LogP contribution in [0.15, 0.2) is 6.07 Å². The predicted molar refractivity (Wildman–Crippen MR) is 65.0 cm³/mol. The smallest absolute Gasteiger partial charge is 0.307 e. The number of hydrogen-bond acceptors (Lipinski definition) is 5. The summed E-state index contributed by atoms with van der Waals surface area (Å²) in [5, 5.41) is 2.76. The second kappa shape index (κ2) is 5.27. The van der Waals surface area contributed by atoms with Gasteiger partial charge in [-0.25, -0.2) is 0 Å². The number of nitrogens with zero attached hydrogens (tertiary/aromatic N) is 1. The van der Waals surface area contributed by atoms with Crippen LogP contribution in [0.3, 0.4) is 0 Å². The number of ether oxygens (including phenoxy) is 1. The van der Waals surface area contributed by atoms with E-state index < -0.39 is 5.54 Å². The summed E-state index contributed by atoms with van der Waals surface area (Å²) in [5.74, 6) is -0.631. The minimum Gasteiger partial charge on any atom is -0.469 e. The van der Waals surface area contributed by atoms with E-state index in [1.165, 1.54) is 18.6 Å². The van der Waals surface area contributed by atoms with E-state index in [2.05, 4.69) is 14.4 Å². The molecule has 0 bridgehead atoms. The topological polar surface area (TPSA) is 68.3 Å². The Hall–Kier alpha value is -1.43. The molecule has 0 radical (unpaired) electrons. The van der Waals surface area contributed by atoms with E-state index in [-0.39, 0.29) is 18.3 Å². The molecule has 0 saturated carbocycles. The van der Waals surface area contributed by atoms with Crippen LogP contribution in [0.25, 0.3) is 0 Å². The molecule has 1 amide bonds. The van der Waals surface area contributed by atoms with Crippen molar-refractivity contribution in [2.24, 2.45) is 0 Å². The van der Waals surface area contributed by atoms with Crippen LogP contribution in [0.5, 0.6) is 0 Å². The Morgan fingerprint density at radius 3 is 2.65 bits per heavy atom. The van der Waals surface area contributed by atoms with Gasteiger partial charge in [0, 0.05) is 10.4 Å². The van der Waals surface area contributed by atoms with E-state index in [1.54, 1.807) is 19.9 Å². The van der Waals surface area contributed by atoms with Gasteiger partial charge in [0.15, 0.2) is 0 Å². The van der Waals surface area contributed by atoms with Crippen molar-refractivity contribution in [3.05, 3.63) is 16.6 Å². The third kappa shape index (κ3) is 4.14.